The lowest BCUT2D eigenvalue weighted by atomic mass is 9.99. The fourth-order valence-electron chi connectivity index (χ4n) is 2.06. The van der Waals surface area contributed by atoms with Crippen molar-refractivity contribution in [2.45, 2.75) is 12.5 Å². The average Bonchev–Trinajstić information content (AvgIpc) is 2.40. The predicted octanol–water partition coefficient (Wildman–Crippen LogP) is 5.10. The topological polar surface area (TPSA) is 12.0 Å². The monoisotopic (exact) mass is 405 g/mol. The molecule has 1 atom stereocenters. The fraction of sp³-hybridized carbons (Fsp3) is 0.200. The van der Waals surface area contributed by atoms with Crippen molar-refractivity contribution in [1.82, 2.24) is 5.32 Å². The van der Waals surface area contributed by atoms with Gasteiger partial charge in [-0.05, 0) is 65.4 Å². The summed E-state index contributed by atoms with van der Waals surface area (Å²) in [6.07, 6.45) is 0.773. The van der Waals surface area contributed by atoms with E-state index in [0.717, 1.165) is 22.0 Å². The molecule has 0 heterocycles. The quantitative estimate of drug-likeness (QED) is 0.697. The van der Waals surface area contributed by atoms with Crippen molar-refractivity contribution in [1.29, 1.82) is 0 Å². The molecule has 1 unspecified atom stereocenters. The van der Waals surface area contributed by atoms with E-state index in [-0.39, 0.29) is 6.04 Å². The average molecular weight is 406 g/mol. The first-order valence-electron chi connectivity index (χ1n) is 5.98. The van der Waals surface area contributed by atoms with E-state index in [1.807, 2.05) is 31.3 Å². The second-order valence-corrected chi connectivity index (χ2v) is 6.24. The number of nitrogens with one attached hydrogen (secondary N) is 1. The Morgan fingerprint density at radius 1 is 1.05 bits per heavy atom. The van der Waals surface area contributed by atoms with Gasteiger partial charge in [0, 0.05) is 19.7 Å². The van der Waals surface area contributed by atoms with Crippen LogP contribution in [0.2, 0.25) is 10.0 Å². The lowest BCUT2D eigenvalue weighted by Crippen LogP contribution is -2.20. The van der Waals surface area contributed by atoms with E-state index < -0.39 is 0 Å². The number of halogens is 3. The van der Waals surface area contributed by atoms with Gasteiger partial charge >= 0.3 is 0 Å². The van der Waals surface area contributed by atoms with Gasteiger partial charge in [0.05, 0.1) is 0 Å². The maximum absolute atomic E-state index is 6.24. The first-order valence-corrected chi connectivity index (χ1v) is 7.81. The highest BCUT2D eigenvalue weighted by Gasteiger charge is 2.16. The number of likely N-dealkylation sites (N-methyl/N-ethyl adjacent to an activating group) is 1. The van der Waals surface area contributed by atoms with Gasteiger partial charge in [-0.2, -0.15) is 0 Å². The molecule has 0 aliphatic heterocycles. The molecule has 4 heteroatoms. The van der Waals surface area contributed by atoms with Crippen LogP contribution < -0.4 is 5.32 Å². The van der Waals surface area contributed by atoms with Crippen LogP contribution in [0.25, 0.3) is 0 Å². The van der Waals surface area contributed by atoms with Crippen molar-refractivity contribution in [2.75, 3.05) is 7.05 Å². The third kappa shape index (κ3) is 3.63. The molecule has 1 N–H and O–H groups in total. The summed E-state index contributed by atoms with van der Waals surface area (Å²) in [7, 11) is 1.96. The van der Waals surface area contributed by atoms with E-state index in [9.17, 15) is 0 Å². The van der Waals surface area contributed by atoms with Crippen LogP contribution in [-0.4, -0.2) is 7.05 Å². The molecule has 19 heavy (non-hydrogen) atoms. The van der Waals surface area contributed by atoms with E-state index in [0.29, 0.717) is 0 Å². The summed E-state index contributed by atoms with van der Waals surface area (Å²) in [5.74, 6) is 0. The van der Waals surface area contributed by atoms with Gasteiger partial charge in [0.1, 0.15) is 0 Å². The Kier molecular flexibility index (Phi) is 5.51. The number of benzene rings is 2. The summed E-state index contributed by atoms with van der Waals surface area (Å²) in [6.45, 7) is 0. The molecule has 0 radical (unpaired) electrons. The molecule has 0 spiro atoms. The second-order valence-electron chi connectivity index (χ2n) is 4.27. The smallest absolute Gasteiger partial charge is 0.0453 e. The van der Waals surface area contributed by atoms with Crippen LogP contribution in [0.3, 0.4) is 0 Å². The number of hydrogen-bond acceptors (Lipinski definition) is 1. The zero-order valence-corrected chi connectivity index (χ0v) is 14.1. The van der Waals surface area contributed by atoms with Crippen molar-refractivity contribution >= 4 is 45.8 Å². The second kappa shape index (κ2) is 6.93. The van der Waals surface area contributed by atoms with Crippen LogP contribution in [0.1, 0.15) is 17.2 Å². The van der Waals surface area contributed by atoms with Crippen LogP contribution in [-0.2, 0) is 6.42 Å². The molecule has 2 aromatic rings. The highest BCUT2D eigenvalue weighted by atomic mass is 127. The zero-order chi connectivity index (χ0) is 13.8. The normalized spacial score (nSPS) is 12.4. The van der Waals surface area contributed by atoms with Gasteiger partial charge in [0.15, 0.2) is 0 Å². The number of rotatable bonds is 4. The van der Waals surface area contributed by atoms with E-state index in [2.05, 4.69) is 46.1 Å². The van der Waals surface area contributed by atoms with Crippen molar-refractivity contribution in [2.24, 2.45) is 0 Å². The van der Waals surface area contributed by atoms with Crippen molar-refractivity contribution in [3.05, 3.63) is 67.2 Å². The lowest BCUT2D eigenvalue weighted by Gasteiger charge is -2.19. The Hall–Kier alpha value is -0.290. The third-order valence-corrected chi connectivity index (χ3v) is 4.79. The van der Waals surface area contributed by atoms with Gasteiger partial charge in [0.2, 0.25) is 0 Å². The maximum Gasteiger partial charge on any atom is 0.0453 e. The van der Waals surface area contributed by atoms with Crippen LogP contribution in [0.4, 0.5) is 0 Å². The first kappa shape index (κ1) is 15.1. The molecular formula is C15H14Cl2IN. The SMILES string of the molecule is CNC(Cc1c(Cl)cccc1Cl)c1ccccc1I. The summed E-state index contributed by atoms with van der Waals surface area (Å²) < 4.78 is 1.24. The van der Waals surface area contributed by atoms with Crippen molar-refractivity contribution < 1.29 is 0 Å². The molecule has 0 bridgehead atoms. The standard InChI is InChI=1S/C15H14Cl2IN/c1-19-15(10-5-2-3-8-14(10)18)9-11-12(16)6-4-7-13(11)17/h2-8,15,19H,9H2,1H3. The van der Waals surface area contributed by atoms with Gasteiger partial charge in [0.25, 0.3) is 0 Å². The van der Waals surface area contributed by atoms with Crippen LogP contribution in [0, 0.1) is 3.57 Å². The predicted molar refractivity (Wildman–Crippen MR) is 91.1 cm³/mol. The fourth-order valence-corrected chi connectivity index (χ4v) is 3.37. The minimum atomic E-state index is 0.200. The Labute approximate surface area is 137 Å². The van der Waals surface area contributed by atoms with Gasteiger partial charge in [-0.1, -0.05) is 47.5 Å². The third-order valence-electron chi connectivity index (χ3n) is 3.10. The molecule has 0 saturated heterocycles. The molecule has 2 rings (SSSR count). The maximum atomic E-state index is 6.24. The van der Waals surface area contributed by atoms with Crippen LogP contribution in [0.15, 0.2) is 42.5 Å². The largest absolute Gasteiger partial charge is 0.313 e. The molecule has 0 aromatic heterocycles. The summed E-state index contributed by atoms with van der Waals surface area (Å²) in [6, 6.07) is 14.2. The molecular weight excluding hydrogens is 392 g/mol. The zero-order valence-electron chi connectivity index (χ0n) is 10.5. The summed E-state index contributed by atoms with van der Waals surface area (Å²) in [5.41, 5.74) is 2.26. The van der Waals surface area contributed by atoms with E-state index in [4.69, 9.17) is 23.2 Å². The molecule has 1 nitrogen and oxygen atoms in total. The molecule has 100 valence electrons. The Bertz CT molecular complexity index is 552. The highest BCUT2D eigenvalue weighted by Crippen LogP contribution is 2.30. The molecule has 0 amide bonds. The van der Waals surface area contributed by atoms with E-state index in [1.54, 1.807) is 0 Å². The van der Waals surface area contributed by atoms with Crippen molar-refractivity contribution in [3.63, 3.8) is 0 Å². The minimum absolute atomic E-state index is 0.200. The minimum Gasteiger partial charge on any atom is -0.313 e. The Morgan fingerprint density at radius 2 is 1.68 bits per heavy atom. The first-order chi connectivity index (χ1) is 9.13. The molecule has 2 aromatic carbocycles. The lowest BCUT2D eigenvalue weighted by molar-refractivity contribution is 0.589. The van der Waals surface area contributed by atoms with Gasteiger partial charge in [-0.15, -0.1) is 0 Å². The molecule has 0 saturated carbocycles. The summed E-state index contributed by atoms with van der Waals surface area (Å²) in [5, 5.41) is 4.78. The van der Waals surface area contributed by atoms with E-state index >= 15 is 0 Å². The van der Waals surface area contributed by atoms with Crippen molar-refractivity contribution in [3.8, 4) is 0 Å². The molecule has 0 aliphatic rings. The number of hydrogen-bond donors (Lipinski definition) is 1. The summed E-state index contributed by atoms with van der Waals surface area (Å²) in [4.78, 5) is 0. The highest BCUT2D eigenvalue weighted by molar-refractivity contribution is 14.1. The molecule has 0 fully saturated rings. The van der Waals surface area contributed by atoms with Gasteiger partial charge in [-0.25, -0.2) is 0 Å². The van der Waals surface area contributed by atoms with Crippen LogP contribution >= 0.6 is 45.8 Å². The summed E-state index contributed by atoms with van der Waals surface area (Å²) >= 11 is 14.8. The molecule has 0 aliphatic carbocycles. The van der Waals surface area contributed by atoms with Crippen LogP contribution in [0.5, 0.6) is 0 Å². The Morgan fingerprint density at radius 3 is 2.26 bits per heavy atom. The van der Waals surface area contributed by atoms with E-state index in [1.165, 1.54) is 9.13 Å². The Balaban J connectivity index is 2.32. The van der Waals surface area contributed by atoms with Gasteiger partial charge < -0.3 is 5.32 Å². The van der Waals surface area contributed by atoms with Gasteiger partial charge in [-0.3, -0.25) is 0 Å².